The van der Waals surface area contributed by atoms with E-state index in [9.17, 15) is 9.59 Å². The molecule has 1 saturated heterocycles. The number of carbonyl (C=O) groups excluding carboxylic acids is 2. The smallest absolute Gasteiger partial charge is 0.319 e. The standard InChI is InChI=1S/C15H20BrN3O2/c1-15(2,3)19-9-12(8-13(19)20)18-14(21)17-11-6-4-5-10(16)7-11/h4-7,12H,8-9H2,1-3H3,(H2,17,18,21). The summed E-state index contributed by atoms with van der Waals surface area (Å²) in [5, 5.41) is 5.62. The Balaban J connectivity index is 1.91. The molecule has 1 aliphatic rings. The number of halogens is 1. The number of hydrogen-bond acceptors (Lipinski definition) is 2. The second kappa shape index (κ2) is 6.05. The third-order valence-electron chi connectivity index (χ3n) is 3.35. The highest BCUT2D eigenvalue weighted by Crippen LogP contribution is 2.22. The Labute approximate surface area is 133 Å². The minimum absolute atomic E-state index is 0.0789. The van der Waals surface area contributed by atoms with Gasteiger partial charge in [-0.05, 0) is 39.0 Å². The zero-order chi connectivity index (χ0) is 15.6. The normalized spacial score (nSPS) is 18.8. The van der Waals surface area contributed by atoms with Crippen LogP contribution in [0, 0.1) is 0 Å². The minimum Gasteiger partial charge on any atom is -0.336 e. The maximum atomic E-state index is 12.0. The van der Waals surface area contributed by atoms with Gasteiger partial charge in [0.15, 0.2) is 0 Å². The Morgan fingerprint density at radius 2 is 2.10 bits per heavy atom. The first-order valence-electron chi connectivity index (χ1n) is 6.89. The number of benzene rings is 1. The molecule has 0 bridgehead atoms. The number of urea groups is 1. The average molecular weight is 354 g/mol. The van der Waals surface area contributed by atoms with E-state index in [0.717, 1.165) is 4.47 Å². The second-order valence-corrected chi connectivity index (χ2v) is 7.10. The molecular formula is C15H20BrN3O2. The van der Waals surface area contributed by atoms with Crippen LogP contribution >= 0.6 is 15.9 Å². The maximum absolute atomic E-state index is 12.0. The summed E-state index contributed by atoms with van der Waals surface area (Å²) in [5.74, 6) is 0.0789. The number of amides is 3. The van der Waals surface area contributed by atoms with Gasteiger partial charge < -0.3 is 15.5 Å². The fourth-order valence-corrected chi connectivity index (χ4v) is 2.77. The van der Waals surface area contributed by atoms with Gasteiger partial charge in [-0.3, -0.25) is 4.79 Å². The molecule has 3 amide bonds. The van der Waals surface area contributed by atoms with Crippen molar-refractivity contribution in [2.24, 2.45) is 0 Å². The molecule has 114 valence electrons. The molecule has 6 heteroatoms. The summed E-state index contributed by atoms with van der Waals surface area (Å²) in [4.78, 5) is 25.7. The fourth-order valence-electron chi connectivity index (χ4n) is 2.37. The molecule has 5 nitrogen and oxygen atoms in total. The number of rotatable bonds is 2. The number of nitrogens with zero attached hydrogens (tertiary/aromatic N) is 1. The summed E-state index contributed by atoms with van der Waals surface area (Å²) < 4.78 is 0.898. The van der Waals surface area contributed by atoms with Crippen LogP contribution in [0.4, 0.5) is 10.5 Å². The SMILES string of the molecule is CC(C)(C)N1CC(NC(=O)Nc2cccc(Br)c2)CC1=O. The van der Waals surface area contributed by atoms with Crippen LogP contribution in [0.1, 0.15) is 27.2 Å². The molecule has 1 atom stereocenters. The van der Waals surface area contributed by atoms with Crippen LogP contribution in [0.2, 0.25) is 0 Å². The van der Waals surface area contributed by atoms with Crippen molar-refractivity contribution in [3.05, 3.63) is 28.7 Å². The van der Waals surface area contributed by atoms with Crippen LogP contribution in [0.15, 0.2) is 28.7 Å². The van der Waals surface area contributed by atoms with Crippen molar-refractivity contribution in [1.29, 1.82) is 0 Å². The first-order chi connectivity index (χ1) is 9.75. The van der Waals surface area contributed by atoms with Crippen LogP contribution in [-0.2, 0) is 4.79 Å². The summed E-state index contributed by atoms with van der Waals surface area (Å²) in [5.41, 5.74) is 0.493. The van der Waals surface area contributed by atoms with Crippen LogP contribution < -0.4 is 10.6 Å². The highest BCUT2D eigenvalue weighted by Gasteiger charge is 2.36. The van der Waals surface area contributed by atoms with Crippen LogP contribution in [0.5, 0.6) is 0 Å². The van der Waals surface area contributed by atoms with Gasteiger partial charge in [0, 0.05) is 28.7 Å². The average Bonchev–Trinajstić information content (AvgIpc) is 2.69. The van der Waals surface area contributed by atoms with E-state index in [-0.39, 0.29) is 23.5 Å². The molecule has 1 heterocycles. The van der Waals surface area contributed by atoms with Gasteiger partial charge in [-0.2, -0.15) is 0 Å². The molecule has 1 aliphatic heterocycles. The molecular weight excluding hydrogens is 334 g/mol. The third kappa shape index (κ3) is 4.20. The van der Waals surface area contributed by atoms with Gasteiger partial charge in [0.05, 0.1) is 6.04 Å². The number of likely N-dealkylation sites (tertiary alicyclic amines) is 1. The van der Waals surface area contributed by atoms with Gasteiger partial charge in [-0.25, -0.2) is 4.79 Å². The number of nitrogens with one attached hydrogen (secondary N) is 2. The van der Waals surface area contributed by atoms with Crippen LogP contribution in [0.3, 0.4) is 0 Å². The lowest BCUT2D eigenvalue weighted by Crippen LogP contribution is -2.45. The van der Waals surface area contributed by atoms with E-state index in [1.807, 2.05) is 45.0 Å². The highest BCUT2D eigenvalue weighted by molar-refractivity contribution is 9.10. The Bertz CT molecular complexity index is 554. The molecule has 0 radical (unpaired) electrons. The molecule has 2 N–H and O–H groups in total. The second-order valence-electron chi connectivity index (χ2n) is 6.19. The molecule has 1 unspecified atom stereocenters. The summed E-state index contributed by atoms with van der Waals surface area (Å²) in [6, 6.07) is 6.93. The van der Waals surface area contributed by atoms with Gasteiger partial charge in [0.25, 0.3) is 0 Å². The predicted molar refractivity (Wildman–Crippen MR) is 86.2 cm³/mol. The monoisotopic (exact) mass is 353 g/mol. The predicted octanol–water partition coefficient (Wildman–Crippen LogP) is 2.97. The lowest BCUT2D eigenvalue weighted by Gasteiger charge is -2.32. The molecule has 0 aliphatic carbocycles. The van der Waals surface area contributed by atoms with Crippen molar-refractivity contribution >= 4 is 33.6 Å². The van der Waals surface area contributed by atoms with Gasteiger partial charge in [-0.1, -0.05) is 22.0 Å². The quantitative estimate of drug-likeness (QED) is 0.858. The molecule has 1 aromatic rings. The van der Waals surface area contributed by atoms with Crippen LogP contribution in [0.25, 0.3) is 0 Å². The zero-order valence-electron chi connectivity index (χ0n) is 12.4. The van der Waals surface area contributed by atoms with Crippen molar-refractivity contribution in [3.63, 3.8) is 0 Å². The fraction of sp³-hybridized carbons (Fsp3) is 0.467. The van der Waals surface area contributed by atoms with E-state index >= 15 is 0 Å². The Kier molecular flexibility index (Phi) is 4.56. The molecule has 0 aromatic heterocycles. The van der Waals surface area contributed by atoms with Gasteiger partial charge in [0.1, 0.15) is 0 Å². The number of anilines is 1. The van der Waals surface area contributed by atoms with E-state index < -0.39 is 0 Å². The van der Waals surface area contributed by atoms with Gasteiger partial charge in [-0.15, -0.1) is 0 Å². The minimum atomic E-state index is -0.290. The Morgan fingerprint density at radius 1 is 1.38 bits per heavy atom. The van der Waals surface area contributed by atoms with Crippen molar-refractivity contribution < 1.29 is 9.59 Å². The molecule has 1 fully saturated rings. The molecule has 0 spiro atoms. The third-order valence-corrected chi connectivity index (χ3v) is 3.85. The molecule has 21 heavy (non-hydrogen) atoms. The van der Waals surface area contributed by atoms with E-state index in [2.05, 4.69) is 26.6 Å². The lowest BCUT2D eigenvalue weighted by molar-refractivity contribution is -0.131. The summed E-state index contributed by atoms with van der Waals surface area (Å²) >= 11 is 3.35. The zero-order valence-corrected chi connectivity index (χ0v) is 14.0. The van der Waals surface area contributed by atoms with Crippen molar-refractivity contribution in [3.8, 4) is 0 Å². The van der Waals surface area contributed by atoms with Gasteiger partial charge >= 0.3 is 6.03 Å². The van der Waals surface area contributed by atoms with E-state index in [1.165, 1.54) is 0 Å². The van der Waals surface area contributed by atoms with Gasteiger partial charge in [0.2, 0.25) is 5.91 Å². The summed E-state index contributed by atoms with van der Waals surface area (Å²) in [7, 11) is 0. The number of hydrogen-bond donors (Lipinski definition) is 2. The lowest BCUT2D eigenvalue weighted by atomic mass is 10.1. The Morgan fingerprint density at radius 3 is 2.67 bits per heavy atom. The van der Waals surface area contributed by atoms with E-state index in [1.54, 1.807) is 4.90 Å². The van der Waals surface area contributed by atoms with Crippen LogP contribution in [-0.4, -0.2) is 35.0 Å². The summed E-state index contributed by atoms with van der Waals surface area (Å²) in [6.45, 7) is 6.53. The van der Waals surface area contributed by atoms with Crippen molar-refractivity contribution in [1.82, 2.24) is 10.2 Å². The van der Waals surface area contributed by atoms with Crippen molar-refractivity contribution in [2.75, 3.05) is 11.9 Å². The topological polar surface area (TPSA) is 61.4 Å². The first-order valence-corrected chi connectivity index (χ1v) is 7.68. The number of carbonyl (C=O) groups is 2. The maximum Gasteiger partial charge on any atom is 0.319 e. The molecule has 0 saturated carbocycles. The van der Waals surface area contributed by atoms with E-state index in [4.69, 9.17) is 0 Å². The molecule has 1 aromatic carbocycles. The molecule has 2 rings (SSSR count). The van der Waals surface area contributed by atoms with E-state index in [0.29, 0.717) is 18.7 Å². The van der Waals surface area contributed by atoms with Crippen molar-refractivity contribution in [2.45, 2.75) is 38.8 Å². The Hall–Kier alpha value is -1.56. The highest BCUT2D eigenvalue weighted by atomic mass is 79.9. The first kappa shape index (κ1) is 15.8. The summed E-state index contributed by atoms with van der Waals surface area (Å²) in [6.07, 6.45) is 0.350. The largest absolute Gasteiger partial charge is 0.336 e.